The molecule has 0 saturated heterocycles. The highest BCUT2D eigenvalue weighted by atomic mass is 32.1. The number of hydrogen-bond acceptors (Lipinski definition) is 5. The predicted molar refractivity (Wildman–Crippen MR) is 106 cm³/mol. The van der Waals surface area contributed by atoms with E-state index in [0.29, 0.717) is 0 Å². The van der Waals surface area contributed by atoms with Crippen molar-refractivity contribution >= 4 is 25.7 Å². The molecule has 2 atom stereocenters. The number of carbonyl (C=O) groups excluding carboxylic acids is 1. The van der Waals surface area contributed by atoms with Crippen LogP contribution in [0, 0.1) is 0 Å². The van der Waals surface area contributed by atoms with Crippen LogP contribution in [0.2, 0.25) is 18.1 Å². The zero-order valence-corrected chi connectivity index (χ0v) is 18.5. The molecule has 0 fully saturated rings. The van der Waals surface area contributed by atoms with Gasteiger partial charge in [0, 0.05) is 4.88 Å². The first-order chi connectivity index (χ1) is 11.3. The number of nitrogens with one attached hydrogen (secondary N) is 1. The van der Waals surface area contributed by atoms with Crippen molar-refractivity contribution in [2.24, 2.45) is 0 Å². The van der Waals surface area contributed by atoms with Crippen molar-refractivity contribution in [2.75, 3.05) is 6.61 Å². The van der Waals surface area contributed by atoms with Crippen molar-refractivity contribution in [3.8, 4) is 0 Å². The highest BCUT2D eigenvalue weighted by Gasteiger charge is 2.42. The average Bonchev–Trinajstić information content (AvgIpc) is 2.93. The standard InChI is InChI=1S/C18H33NO4SSi/c1-17(2,3)22-16(21)19-13(12-20)15(14-10-9-11-24-14)23-25(7,8)18(4,5)6/h9-11,13,15,20H,12H2,1-8H3,(H,19,21). The number of hydrogen-bond donors (Lipinski definition) is 2. The zero-order chi connectivity index (χ0) is 19.5. The molecular weight excluding hydrogens is 354 g/mol. The van der Waals surface area contributed by atoms with Gasteiger partial charge in [-0.25, -0.2) is 4.79 Å². The van der Waals surface area contributed by atoms with E-state index in [2.05, 4.69) is 39.2 Å². The highest BCUT2D eigenvalue weighted by molar-refractivity contribution is 7.10. The van der Waals surface area contributed by atoms with E-state index in [4.69, 9.17) is 9.16 Å². The molecule has 144 valence electrons. The van der Waals surface area contributed by atoms with E-state index in [1.165, 1.54) is 0 Å². The SMILES string of the molecule is CC(C)(C)OC(=O)NC(CO)C(O[Si](C)(C)C(C)(C)C)c1cccs1. The average molecular weight is 388 g/mol. The predicted octanol–water partition coefficient (Wildman–Crippen LogP) is 4.70. The van der Waals surface area contributed by atoms with Gasteiger partial charge in [-0.15, -0.1) is 11.3 Å². The fourth-order valence-electron chi connectivity index (χ4n) is 1.96. The number of ether oxygens (including phenoxy) is 1. The molecule has 0 spiro atoms. The summed E-state index contributed by atoms with van der Waals surface area (Å²) in [6, 6.07) is 3.36. The topological polar surface area (TPSA) is 67.8 Å². The first-order valence-corrected chi connectivity index (χ1v) is 12.4. The van der Waals surface area contributed by atoms with Gasteiger partial charge in [-0.05, 0) is 50.3 Å². The lowest BCUT2D eigenvalue weighted by molar-refractivity contribution is 0.0372. The summed E-state index contributed by atoms with van der Waals surface area (Å²) in [5.74, 6) is 0. The Labute approximate surface area is 156 Å². The quantitative estimate of drug-likeness (QED) is 0.695. The third-order valence-electron chi connectivity index (χ3n) is 4.32. The summed E-state index contributed by atoms with van der Waals surface area (Å²) in [6.45, 7) is 16.0. The number of alkyl carbamates (subject to hydrolysis) is 1. The Kier molecular flexibility index (Phi) is 7.27. The summed E-state index contributed by atoms with van der Waals surface area (Å²) >= 11 is 1.56. The van der Waals surface area contributed by atoms with Gasteiger partial charge in [-0.2, -0.15) is 0 Å². The Morgan fingerprint density at radius 3 is 2.28 bits per heavy atom. The van der Waals surface area contributed by atoms with E-state index >= 15 is 0 Å². The van der Waals surface area contributed by atoms with Crippen molar-refractivity contribution in [1.82, 2.24) is 5.32 Å². The molecule has 0 aliphatic heterocycles. The van der Waals surface area contributed by atoms with Gasteiger partial charge in [-0.3, -0.25) is 0 Å². The highest BCUT2D eigenvalue weighted by Crippen LogP contribution is 2.41. The molecule has 0 aromatic carbocycles. The van der Waals surface area contributed by atoms with E-state index in [0.717, 1.165) is 4.88 Å². The molecule has 0 bridgehead atoms. The van der Waals surface area contributed by atoms with Crippen LogP contribution in [0.5, 0.6) is 0 Å². The molecule has 25 heavy (non-hydrogen) atoms. The third kappa shape index (κ3) is 6.73. The molecule has 2 unspecified atom stereocenters. The van der Waals surface area contributed by atoms with Crippen LogP contribution in [-0.4, -0.2) is 37.8 Å². The number of thiophene rings is 1. The second-order valence-electron chi connectivity index (χ2n) is 8.75. The number of amides is 1. The van der Waals surface area contributed by atoms with Gasteiger partial charge < -0.3 is 19.6 Å². The molecule has 7 heteroatoms. The van der Waals surface area contributed by atoms with Gasteiger partial charge in [0.25, 0.3) is 0 Å². The van der Waals surface area contributed by atoms with Crippen LogP contribution >= 0.6 is 11.3 Å². The molecule has 1 amide bonds. The minimum absolute atomic E-state index is 0.0223. The van der Waals surface area contributed by atoms with E-state index in [-0.39, 0.29) is 11.6 Å². The lowest BCUT2D eigenvalue weighted by atomic mass is 10.1. The summed E-state index contributed by atoms with van der Waals surface area (Å²) in [6.07, 6.45) is -0.953. The minimum Gasteiger partial charge on any atom is -0.444 e. The maximum Gasteiger partial charge on any atom is 0.408 e. The second kappa shape index (κ2) is 8.20. The van der Waals surface area contributed by atoms with E-state index in [9.17, 15) is 9.90 Å². The molecule has 0 aliphatic carbocycles. The maximum atomic E-state index is 12.2. The van der Waals surface area contributed by atoms with Gasteiger partial charge in [0.15, 0.2) is 8.32 Å². The lowest BCUT2D eigenvalue weighted by Crippen LogP contribution is -2.49. The van der Waals surface area contributed by atoms with Crippen molar-refractivity contribution in [3.63, 3.8) is 0 Å². The summed E-state index contributed by atoms with van der Waals surface area (Å²) in [5, 5.41) is 14.7. The molecule has 1 rings (SSSR count). The van der Waals surface area contributed by atoms with Crippen LogP contribution in [0.25, 0.3) is 0 Å². The van der Waals surface area contributed by atoms with Crippen molar-refractivity contribution in [2.45, 2.75) is 77.4 Å². The van der Waals surface area contributed by atoms with Gasteiger partial charge in [0.2, 0.25) is 0 Å². The summed E-state index contributed by atoms with van der Waals surface area (Å²) in [7, 11) is -2.10. The summed E-state index contributed by atoms with van der Waals surface area (Å²) < 4.78 is 11.9. The fourth-order valence-corrected chi connectivity index (χ4v) is 4.14. The van der Waals surface area contributed by atoms with E-state index < -0.39 is 32.2 Å². The van der Waals surface area contributed by atoms with Gasteiger partial charge >= 0.3 is 6.09 Å². The molecule has 1 heterocycles. The lowest BCUT2D eigenvalue weighted by Gasteiger charge is -2.41. The molecule has 0 radical (unpaired) electrons. The van der Waals surface area contributed by atoms with Crippen LogP contribution in [0.1, 0.15) is 52.5 Å². The normalized spacial score (nSPS) is 15.6. The van der Waals surface area contributed by atoms with E-state index in [1.54, 1.807) is 11.3 Å². The van der Waals surface area contributed by atoms with Crippen LogP contribution in [-0.2, 0) is 9.16 Å². The Balaban J connectivity index is 3.04. The Bertz CT molecular complexity index is 546. The third-order valence-corrected chi connectivity index (χ3v) is 9.70. The Morgan fingerprint density at radius 1 is 1.28 bits per heavy atom. The minimum atomic E-state index is -2.10. The molecule has 0 saturated carbocycles. The summed E-state index contributed by atoms with van der Waals surface area (Å²) in [5.41, 5.74) is -0.594. The monoisotopic (exact) mass is 387 g/mol. The van der Waals surface area contributed by atoms with Crippen LogP contribution < -0.4 is 5.32 Å². The number of rotatable bonds is 6. The van der Waals surface area contributed by atoms with Crippen LogP contribution in [0.4, 0.5) is 4.79 Å². The molecule has 1 aromatic rings. The molecule has 1 aromatic heterocycles. The largest absolute Gasteiger partial charge is 0.444 e. The summed E-state index contributed by atoms with van der Waals surface area (Å²) in [4.78, 5) is 13.2. The molecule has 0 aliphatic rings. The fraction of sp³-hybridized carbons (Fsp3) is 0.722. The van der Waals surface area contributed by atoms with Gasteiger partial charge in [-0.1, -0.05) is 26.8 Å². The Morgan fingerprint density at radius 2 is 1.88 bits per heavy atom. The molecular formula is C18H33NO4SSi. The zero-order valence-electron chi connectivity index (χ0n) is 16.7. The first kappa shape index (κ1) is 22.1. The number of aliphatic hydroxyl groups is 1. The Hall–Kier alpha value is -0.893. The van der Waals surface area contributed by atoms with Gasteiger partial charge in [0.1, 0.15) is 11.7 Å². The number of carbonyl (C=O) groups is 1. The van der Waals surface area contributed by atoms with Crippen molar-refractivity contribution < 1.29 is 19.1 Å². The van der Waals surface area contributed by atoms with E-state index in [1.807, 2.05) is 38.3 Å². The van der Waals surface area contributed by atoms with Crippen LogP contribution in [0.3, 0.4) is 0 Å². The van der Waals surface area contributed by atoms with Crippen molar-refractivity contribution in [1.29, 1.82) is 0 Å². The smallest absolute Gasteiger partial charge is 0.408 e. The van der Waals surface area contributed by atoms with Crippen molar-refractivity contribution in [3.05, 3.63) is 22.4 Å². The molecule has 2 N–H and O–H groups in total. The van der Waals surface area contributed by atoms with Crippen LogP contribution in [0.15, 0.2) is 17.5 Å². The van der Waals surface area contributed by atoms with Gasteiger partial charge in [0.05, 0.1) is 12.6 Å². The maximum absolute atomic E-state index is 12.2. The number of aliphatic hydroxyl groups excluding tert-OH is 1. The second-order valence-corrected chi connectivity index (χ2v) is 14.5. The molecule has 5 nitrogen and oxygen atoms in total. The first-order valence-electron chi connectivity index (χ1n) is 8.58.